The minimum absolute atomic E-state index is 0.0493. The summed E-state index contributed by atoms with van der Waals surface area (Å²) >= 11 is 1.50. The van der Waals surface area contributed by atoms with E-state index in [-0.39, 0.29) is 17.3 Å². The lowest BCUT2D eigenvalue weighted by atomic mass is 10.0. The second-order valence-electron chi connectivity index (χ2n) is 6.73. The second kappa shape index (κ2) is 6.92. The van der Waals surface area contributed by atoms with Gasteiger partial charge in [0, 0.05) is 29.8 Å². The molecule has 0 saturated carbocycles. The zero-order valence-electron chi connectivity index (χ0n) is 15.0. The Morgan fingerprint density at radius 2 is 1.92 bits per heavy atom. The van der Waals surface area contributed by atoms with Crippen LogP contribution in [0.25, 0.3) is 21.3 Å². The van der Waals surface area contributed by atoms with Crippen molar-refractivity contribution in [1.29, 1.82) is 0 Å². The van der Waals surface area contributed by atoms with Crippen LogP contribution in [0.4, 0.5) is 0 Å². The number of benzene rings is 1. The number of hydrogen-bond acceptors (Lipinski definition) is 4. The van der Waals surface area contributed by atoms with Crippen molar-refractivity contribution >= 4 is 27.3 Å². The van der Waals surface area contributed by atoms with Gasteiger partial charge in [-0.15, -0.1) is 11.3 Å². The Balaban J connectivity index is 2.23. The summed E-state index contributed by atoms with van der Waals surface area (Å²) in [5.74, 6) is 0.941. The fraction of sp³-hybridized carbons (Fsp3) is 0.350. The van der Waals surface area contributed by atoms with Gasteiger partial charge in [-0.1, -0.05) is 43.7 Å². The Labute approximate surface area is 151 Å². The summed E-state index contributed by atoms with van der Waals surface area (Å²) in [5, 5.41) is 2.66. The molecule has 0 aliphatic rings. The zero-order valence-corrected chi connectivity index (χ0v) is 15.8. The maximum absolute atomic E-state index is 13.2. The van der Waals surface area contributed by atoms with Crippen LogP contribution >= 0.6 is 11.3 Å². The molecule has 0 bridgehead atoms. The van der Waals surface area contributed by atoms with Crippen molar-refractivity contribution in [2.75, 3.05) is 0 Å². The first-order chi connectivity index (χ1) is 11.9. The van der Waals surface area contributed by atoms with Gasteiger partial charge in [0.25, 0.3) is 5.56 Å². The quantitative estimate of drug-likeness (QED) is 0.676. The fourth-order valence-corrected chi connectivity index (χ4v) is 3.86. The van der Waals surface area contributed by atoms with Gasteiger partial charge in [-0.05, 0) is 19.4 Å². The van der Waals surface area contributed by atoms with Gasteiger partial charge in [0.2, 0.25) is 0 Å². The third kappa shape index (κ3) is 3.42. The van der Waals surface area contributed by atoms with Crippen LogP contribution < -0.4 is 5.56 Å². The summed E-state index contributed by atoms with van der Waals surface area (Å²) in [4.78, 5) is 30.1. The summed E-state index contributed by atoms with van der Waals surface area (Å²) < 4.78 is 1.68. The van der Waals surface area contributed by atoms with Crippen molar-refractivity contribution in [3.05, 3.63) is 51.4 Å². The summed E-state index contributed by atoms with van der Waals surface area (Å²) in [6.07, 6.45) is 0.344. The standard InChI is InChI=1S/C20H22N2O2S/c1-12(2)18-21-19-17(20(24)22(18)10-9-14(4)23)16(11-25-19)15-7-5-13(3)6-8-15/h5-8,11-12H,9-10H2,1-4H3. The molecule has 0 unspecified atom stereocenters. The Morgan fingerprint density at radius 1 is 1.24 bits per heavy atom. The number of rotatable bonds is 5. The first-order valence-corrected chi connectivity index (χ1v) is 9.35. The fourth-order valence-electron chi connectivity index (χ4n) is 2.91. The highest BCUT2D eigenvalue weighted by Gasteiger charge is 2.18. The molecule has 0 saturated heterocycles. The van der Waals surface area contributed by atoms with E-state index in [1.165, 1.54) is 16.9 Å². The number of carbonyl (C=O) groups is 1. The lowest BCUT2D eigenvalue weighted by molar-refractivity contribution is -0.117. The van der Waals surface area contributed by atoms with Crippen LogP contribution in [-0.2, 0) is 11.3 Å². The summed E-state index contributed by atoms with van der Waals surface area (Å²) in [5.41, 5.74) is 3.07. The topological polar surface area (TPSA) is 52.0 Å². The van der Waals surface area contributed by atoms with Gasteiger partial charge in [0.05, 0.1) is 5.39 Å². The van der Waals surface area contributed by atoms with E-state index in [2.05, 4.69) is 0 Å². The molecule has 0 aliphatic heterocycles. The molecule has 0 fully saturated rings. The second-order valence-corrected chi connectivity index (χ2v) is 7.59. The van der Waals surface area contributed by atoms with Crippen molar-refractivity contribution in [2.24, 2.45) is 0 Å². The average Bonchev–Trinajstić information content (AvgIpc) is 2.98. The number of aryl methyl sites for hydroxylation is 1. The molecular formula is C20H22N2O2S. The average molecular weight is 354 g/mol. The van der Waals surface area contributed by atoms with Gasteiger partial charge < -0.3 is 0 Å². The van der Waals surface area contributed by atoms with Crippen molar-refractivity contribution in [2.45, 2.75) is 46.6 Å². The third-order valence-corrected chi connectivity index (χ3v) is 5.16. The molecular weight excluding hydrogens is 332 g/mol. The van der Waals surface area contributed by atoms with Gasteiger partial charge in [0.15, 0.2) is 0 Å². The predicted octanol–water partition coefficient (Wildman–Crippen LogP) is 4.54. The Hall–Kier alpha value is -2.27. The maximum Gasteiger partial charge on any atom is 0.262 e. The molecule has 1 aromatic carbocycles. The van der Waals surface area contributed by atoms with Crippen LogP contribution in [0.15, 0.2) is 34.4 Å². The lowest BCUT2D eigenvalue weighted by Gasteiger charge is -2.14. The smallest absolute Gasteiger partial charge is 0.262 e. The van der Waals surface area contributed by atoms with E-state index in [1.54, 1.807) is 11.5 Å². The molecule has 0 atom stereocenters. The van der Waals surface area contributed by atoms with E-state index in [1.807, 2.05) is 50.4 Å². The molecule has 3 aromatic rings. The number of nitrogens with zero attached hydrogens (tertiary/aromatic N) is 2. The molecule has 3 rings (SSSR count). The largest absolute Gasteiger partial charge is 0.300 e. The van der Waals surface area contributed by atoms with Gasteiger partial charge in [-0.25, -0.2) is 4.98 Å². The van der Waals surface area contributed by atoms with E-state index >= 15 is 0 Å². The van der Waals surface area contributed by atoms with Gasteiger partial charge in [0.1, 0.15) is 16.4 Å². The molecule has 2 heterocycles. The Kier molecular flexibility index (Phi) is 4.86. The van der Waals surface area contributed by atoms with E-state index in [9.17, 15) is 9.59 Å². The minimum atomic E-state index is -0.0493. The molecule has 2 aromatic heterocycles. The molecule has 0 spiro atoms. The van der Waals surface area contributed by atoms with E-state index in [4.69, 9.17) is 4.98 Å². The number of aromatic nitrogens is 2. The molecule has 5 heteroatoms. The number of carbonyl (C=O) groups excluding carboxylic acids is 1. The number of thiophene rings is 1. The van der Waals surface area contributed by atoms with E-state index < -0.39 is 0 Å². The highest BCUT2D eigenvalue weighted by Crippen LogP contribution is 2.32. The van der Waals surface area contributed by atoms with Crippen molar-refractivity contribution < 1.29 is 4.79 Å². The summed E-state index contributed by atoms with van der Waals surface area (Å²) in [6.45, 7) is 8.02. The zero-order chi connectivity index (χ0) is 18.1. The molecule has 0 aliphatic carbocycles. The molecule has 25 heavy (non-hydrogen) atoms. The molecule has 0 radical (unpaired) electrons. The lowest BCUT2D eigenvalue weighted by Crippen LogP contribution is -2.26. The number of Topliss-reactive ketones (excluding diaryl/α,β-unsaturated/α-hetero) is 1. The molecule has 4 nitrogen and oxygen atoms in total. The van der Waals surface area contributed by atoms with Crippen molar-refractivity contribution in [1.82, 2.24) is 9.55 Å². The number of ketones is 1. The van der Waals surface area contributed by atoms with Crippen molar-refractivity contribution in [3.8, 4) is 11.1 Å². The first kappa shape index (κ1) is 17.5. The number of fused-ring (bicyclic) bond motifs is 1. The van der Waals surface area contributed by atoms with Crippen LogP contribution in [0.5, 0.6) is 0 Å². The van der Waals surface area contributed by atoms with Crippen LogP contribution in [0.2, 0.25) is 0 Å². The molecule has 0 N–H and O–H groups in total. The number of hydrogen-bond donors (Lipinski definition) is 0. The van der Waals surface area contributed by atoms with Crippen molar-refractivity contribution in [3.63, 3.8) is 0 Å². The van der Waals surface area contributed by atoms with Crippen LogP contribution in [0.1, 0.15) is 44.5 Å². The predicted molar refractivity (Wildman–Crippen MR) is 103 cm³/mol. The first-order valence-electron chi connectivity index (χ1n) is 8.47. The monoisotopic (exact) mass is 354 g/mol. The van der Waals surface area contributed by atoms with E-state index in [0.29, 0.717) is 18.4 Å². The third-order valence-electron chi connectivity index (χ3n) is 4.29. The van der Waals surface area contributed by atoms with E-state index in [0.717, 1.165) is 21.8 Å². The Bertz CT molecular complexity index is 981. The highest BCUT2D eigenvalue weighted by atomic mass is 32.1. The van der Waals surface area contributed by atoms with Gasteiger partial charge in [-0.3, -0.25) is 14.2 Å². The van der Waals surface area contributed by atoms with Gasteiger partial charge >= 0.3 is 0 Å². The SMILES string of the molecule is CC(=O)CCn1c(C(C)C)nc2scc(-c3ccc(C)cc3)c2c1=O. The summed E-state index contributed by atoms with van der Waals surface area (Å²) in [7, 11) is 0. The molecule has 130 valence electrons. The maximum atomic E-state index is 13.2. The normalized spacial score (nSPS) is 11.4. The summed E-state index contributed by atoms with van der Waals surface area (Å²) in [6, 6.07) is 8.16. The van der Waals surface area contributed by atoms with Crippen LogP contribution in [0.3, 0.4) is 0 Å². The Morgan fingerprint density at radius 3 is 2.52 bits per heavy atom. The van der Waals surface area contributed by atoms with Crippen LogP contribution in [0, 0.1) is 6.92 Å². The van der Waals surface area contributed by atoms with Gasteiger partial charge in [-0.2, -0.15) is 0 Å². The van der Waals surface area contributed by atoms with Crippen LogP contribution in [-0.4, -0.2) is 15.3 Å². The molecule has 0 amide bonds. The highest BCUT2D eigenvalue weighted by molar-refractivity contribution is 7.17. The minimum Gasteiger partial charge on any atom is -0.300 e.